The Hall–Kier alpha value is -1.63. The lowest BCUT2D eigenvalue weighted by Gasteiger charge is -2.27. The first kappa shape index (κ1) is 16.7. The van der Waals surface area contributed by atoms with Gasteiger partial charge in [-0.2, -0.15) is 0 Å². The molecule has 1 atom stereocenters. The number of hydrogen-bond acceptors (Lipinski definition) is 6. The number of esters is 1. The number of ether oxygens (including phenoxy) is 3. The molecule has 22 heavy (non-hydrogen) atoms. The number of hydrogen-bond donors (Lipinski definition) is 0. The molecule has 1 heterocycles. The predicted molar refractivity (Wildman–Crippen MR) is 79.9 cm³/mol. The van der Waals surface area contributed by atoms with Gasteiger partial charge in [0.2, 0.25) is 5.78 Å². The summed E-state index contributed by atoms with van der Waals surface area (Å²) in [6.45, 7) is 3.89. The van der Waals surface area contributed by atoms with Gasteiger partial charge in [-0.25, -0.2) is 0 Å². The van der Waals surface area contributed by atoms with Gasteiger partial charge in [-0.1, -0.05) is 11.6 Å². The highest BCUT2D eigenvalue weighted by atomic mass is 35.5. The highest BCUT2D eigenvalue weighted by molar-refractivity contribution is 6.30. The second-order valence-corrected chi connectivity index (χ2v) is 5.30. The molecule has 0 radical (unpaired) electrons. The van der Waals surface area contributed by atoms with Crippen molar-refractivity contribution in [1.29, 1.82) is 0 Å². The fraction of sp³-hybridized carbons (Fsp3) is 0.467. The number of carbonyl (C=O) groups is 2. The summed E-state index contributed by atoms with van der Waals surface area (Å²) in [5.41, 5.74) is 0. The van der Waals surface area contributed by atoms with Crippen LogP contribution in [-0.4, -0.2) is 55.8 Å². The van der Waals surface area contributed by atoms with E-state index in [1.807, 2.05) is 4.90 Å². The quantitative estimate of drug-likeness (QED) is 0.583. The number of benzene rings is 1. The Morgan fingerprint density at radius 1 is 1.27 bits per heavy atom. The minimum atomic E-state index is -1.26. The van der Waals surface area contributed by atoms with Gasteiger partial charge in [-0.3, -0.25) is 14.5 Å². The van der Waals surface area contributed by atoms with Gasteiger partial charge in [-0.15, -0.1) is 0 Å². The lowest BCUT2D eigenvalue weighted by atomic mass is 10.3. The van der Waals surface area contributed by atoms with E-state index in [1.54, 1.807) is 24.3 Å². The number of ketones is 1. The smallest absolute Gasteiger partial charge is 0.306 e. The molecule has 0 N–H and O–H groups in total. The van der Waals surface area contributed by atoms with Crippen molar-refractivity contribution in [2.75, 3.05) is 32.8 Å². The molecule has 1 aliphatic rings. The normalized spacial score (nSPS) is 16.8. The molecule has 1 unspecified atom stereocenters. The maximum atomic E-state index is 12.3. The summed E-state index contributed by atoms with van der Waals surface area (Å²) in [6.07, 6.45) is -1.26. The third-order valence-electron chi connectivity index (χ3n) is 3.08. The van der Waals surface area contributed by atoms with E-state index in [0.29, 0.717) is 37.1 Å². The van der Waals surface area contributed by atoms with Crippen LogP contribution in [0.1, 0.15) is 6.92 Å². The van der Waals surface area contributed by atoms with Crippen molar-refractivity contribution >= 4 is 23.4 Å². The number of Topliss-reactive ketones (excluding diaryl/α,β-unsaturated/α-hetero) is 1. The Bertz CT molecular complexity index is 513. The van der Waals surface area contributed by atoms with Crippen LogP contribution in [0.4, 0.5) is 0 Å². The monoisotopic (exact) mass is 327 g/mol. The second kappa shape index (κ2) is 8.12. The Morgan fingerprint density at radius 2 is 1.91 bits per heavy atom. The molecule has 1 saturated heterocycles. The molecule has 120 valence electrons. The van der Waals surface area contributed by atoms with Gasteiger partial charge in [0.15, 0.2) is 0 Å². The molecule has 0 spiro atoms. The van der Waals surface area contributed by atoms with E-state index in [1.165, 1.54) is 6.92 Å². The third kappa shape index (κ3) is 5.29. The number of rotatable bonds is 6. The van der Waals surface area contributed by atoms with E-state index in [0.717, 1.165) is 0 Å². The summed E-state index contributed by atoms with van der Waals surface area (Å²) in [5, 5.41) is 0.552. The summed E-state index contributed by atoms with van der Waals surface area (Å²) < 4.78 is 15.7. The first-order valence-electron chi connectivity index (χ1n) is 6.97. The van der Waals surface area contributed by atoms with Crippen LogP contribution in [0.15, 0.2) is 24.3 Å². The van der Waals surface area contributed by atoms with Crippen molar-refractivity contribution in [3.05, 3.63) is 29.3 Å². The zero-order valence-corrected chi connectivity index (χ0v) is 13.0. The SMILES string of the molecule is CC(=O)OC(Oc1ccc(Cl)cc1)C(=O)CN1CCOCC1. The van der Waals surface area contributed by atoms with Crippen molar-refractivity contribution in [2.45, 2.75) is 13.2 Å². The lowest BCUT2D eigenvalue weighted by molar-refractivity contribution is -0.170. The van der Waals surface area contributed by atoms with E-state index in [9.17, 15) is 9.59 Å². The second-order valence-electron chi connectivity index (χ2n) is 4.87. The molecular weight excluding hydrogens is 310 g/mol. The molecule has 1 aromatic rings. The Labute approximate surface area is 133 Å². The van der Waals surface area contributed by atoms with E-state index in [-0.39, 0.29) is 12.3 Å². The summed E-state index contributed by atoms with van der Waals surface area (Å²) >= 11 is 5.80. The van der Waals surface area contributed by atoms with E-state index < -0.39 is 12.3 Å². The van der Waals surface area contributed by atoms with Gasteiger partial charge in [-0.05, 0) is 24.3 Å². The minimum Gasteiger partial charge on any atom is -0.448 e. The lowest BCUT2D eigenvalue weighted by Crippen LogP contribution is -2.44. The number of halogens is 1. The standard InChI is InChI=1S/C15H18ClNO5/c1-11(18)21-15(22-13-4-2-12(16)3-5-13)14(19)10-17-6-8-20-9-7-17/h2-5,15H,6-10H2,1H3. The Balaban J connectivity index is 1.99. The highest BCUT2D eigenvalue weighted by Crippen LogP contribution is 2.17. The first-order valence-corrected chi connectivity index (χ1v) is 7.34. The van der Waals surface area contributed by atoms with Gasteiger partial charge in [0.05, 0.1) is 19.8 Å². The van der Waals surface area contributed by atoms with Gasteiger partial charge < -0.3 is 14.2 Å². The molecule has 0 saturated carbocycles. The van der Waals surface area contributed by atoms with Gasteiger partial charge >= 0.3 is 12.3 Å². The molecule has 0 amide bonds. The van der Waals surface area contributed by atoms with Crippen LogP contribution in [0.2, 0.25) is 5.02 Å². The van der Waals surface area contributed by atoms with Crippen LogP contribution in [0, 0.1) is 0 Å². The van der Waals surface area contributed by atoms with Gasteiger partial charge in [0.25, 0.3) is 0 Å². The van der Waals surface area contributed by atoms with Crippen molar-refractivity contribution in [1.82, 2.24) is 4.90 Å². The van der Waals surface area contributed by atoms with Crippen molar-refractivity contribution in [2.24, 2.45) is 0 Å². The van der Waals surface area contributed by atoms with E-state index in [4.69, 9.17) is 25.8 Å². The van der Waals surface area contributed by atoms with Crippen LogP contribution >= 0.6 is 11.6 Å². The fourth-order valence-electron chi connectivity index (χ4n) is 2.00. The van der Waals surface area contributed by atoms with Crippen LogP contribution in [-0.2, 0) is 19.1 Å². The topological polar surface area (TPSA) is 65.1 Å². The molecule has 2 rings (SSSR count). The van der Waals surface area contributed by atoms with Crippen LogP contribution in [0.5, 0.6) is 5.75 Å². The van der Waals surface area contributed by atoms with Crippen molar-refractivity contribution in [3.63, 3.8) is 0 Å². The zero-order valence-electron chi connectivity index (χ0n) is 12.3. The largest absolute Gasteiger partial charge is 0.448 e. The summed E-state index contributed by atoms with van der Waals surface area (Å²) in [5.74, 6) is -0.479. The maximum Gasteiger partial charge on any atom is 0.306 e. The predicted octanol–water partition coefficient (Wildman–Crippen LogP) is 1.51. The molecule has 0 aliphatic carbocycles. The zero-order chi connectivity index (χ0) is 15.9. The summed E-state index contributed by atoms with van der Waals surface area (Å²) in [7, 11) is 0. The molecule has 0 aromatic heterocycles. The molecule has 7 heteroatoms. The van der Waals surface area contributed by atoms with Gasteiger partial charge in [0.1, 0.15) is 5.75 Å². The Kier molecular flexibility index (Phi) is 6.18. The first-order chi connectivity index (χ1) is 10.5. The highest BCUT2D eigenvalue weighted by Gasteiger charge is 2.26. The van der Waals surface area contributed by atoms with Gasteiger partial charge in [0, 0.05) is 25.0 Å². The summed E-state index contributed by atoms with van der Waals surface area (Å²) in [4.78, 5) is 25.4. The van der Waals surface area contributed by atoms with Crippen molar-refractivity contribution < 1.29 is 23.8 Å². The molecular formula is C15H18ClNO5. The molecule has 0 bridgehead atoms. The van der Waals surface area contributed by atoms with Crippen LogP contribution in [0.3, 0.4) is 0 Å². The number of carbonyl (C=O) groups excluding carboxylic acids is 2. The third-order valence-corrected chi connectivity index (χ3v) is 3.33. The number of nitrogens with zero attached hydrogens (tertiary/aromatic N) is 1. The van der Waals surface area contributed by atoms with E-state index >= 15 is 0 Å². The van der Waals surface area contributed by atoms with Crippen LogP contribution < -0.4 is 4.74 Å². The molecule has 1 aliphatic heterocycles. The molecule has 6 nitrogen and oxygen atoms in total. The fourth-order valence-corrected chi connectivity index (χ4v) is 2.12. The Morgan fingerprint density at radius 3 is 2.50 bits per heavy atom. The number of morpholine rings is 1. The minimum absolute atomic E-state index is 0.148. The average molecular weight is 328 g/mol. The van der Waals surface area contributed by atoms with Crippen LogP contribution in [0.25, 0.3) is 0 Å². The molecule has 1 aromatic carbocycles. The van der Waals surface area contributed by atoms with E-state index in [2.05, 4.69) is 0 Å². The van der Waals surface area contributed by atoms with Crippen molar-refractivity contribution in [3.8, 4) is 5.75 Å². The maximum absolute atomic E-state index is 12.3. The molecule has 1 fully saturated rings. The average Bonchev–Trinajstić information content (AvgIpc) is 2.49. The summed E-state index contributed by atoms with van der Waals surface area (Å²) in [6, 6.07) is 6.49.